The number of hydrogen-bond acceptors (Lipinski definition) is 2. The molecule has 0 saturated heterocycles. The lowest BCUT2D eigenvalue weighted by atomic mass is 9.54. The maximum atomic E-state index is 12.3. The Morgan fingerprint density at radius 3 is 2.42 bits per heavy atom. The predicted octanol–water partition coefficient (Wildman–Crippen LogP) is 3.37. The summed E-state index contributed by atoms with van der Waals surface area (Å²) < 4.78 is 0. The first-order chi connectivity index (χ1) is 9.18. The molecule has 4 saturated carbocycles. The number of carbonyl (C=O) groups is 2. The van der Waals surface area contributed by atoms with Crippen LogP contribution >= 0.6 is 15.9 Å². The van der Waals surface area contributed by atoms with Crippen LogP contribution in [0.3, 0.4) is 0 Å². The summed E-state index contributed by atoms with van der Waals surface area (Å²) in [7, 11) is 0. The number of Topliss-reactive ketones (excluding diaryl/α,β-unsaturated/α-hetero) is 2. The number of hydrogen-bond donors (Lipinski definition) is 0. The monoisotopic (exact) mass is 324 g/mol. The van der Waals surface area contributed by atoms with E-state index in [4.69, 9.17) is 0 Å². The largest absolute Gasteiger partial charge is 0.291 e. The summed E-state index contributed by atoms with van der Waals surface area (Å²) in [5.41, 5.74) is 0. The second-order valence-electron chi connectivity index (χ2n) is 7.13. The van der Waals surface area contributed by atoms with E-state index in [1.54, 1.807) is 0 Å². The molecule has 104 valence electrons. The van der Waals surface area contributed by atoms with Crippen molar-refractivity contribution in [3.8, 4) is 0 Å². The van der Waals surface area contributed by atoms with E-state index in [9.17, 15) is 9.59 Å². The van der Waals surface area contributed by atoms with E-state index in [0.29, 0.717) is 22.6 Å². The molecule has 0 aromatic heterocycles. The van der Waals surface area contributed by atoms with Gasteiger partial charge in [-0.05, 0) is 49.4 Å². The van der Waals surface area contributed by atoms with Gasteiger partial charge in [-0.1, -0.05) is 35.2 Å². The minimum Gasteiger partial charge on any atom is -0.291 e. The molecule has 7 atom stereocenters. The minimum absolute atomic E-state index is 0.00868. The van der Waals surface area contributed by atoms with Crippen molar-refractivity contribution in [1.29, 1.82) is 0 Å². The minimum atomic E-state index is -0.0157. The van der Waals surface area contributed by atoms with Crippen LogP contribution in [0.5, 0.6) is 0 Å². The molecule has 2 nitrogen and oxygen atoms in total. The fraction of sp³-hybridized carbons (Fsp3) is 0.875. The van der Waals surface area contributed by atoms with E-state index in [0.717, 1.165) is 25.2 Å². The van der Waals surface area contributed by atoms with E-state index in [1.165, 1.54) is 25.7 Å². The molecule has 4 aliphatic rings. The first kappa shape index (κ1) is 12.6. The number of ketones is 2. The van der Waals surface area contributed by atoms with Crippen molar-refractivity contribution in [2.24, 2.45) is 35.5 Å². The van der Waals surface area contributed by atoms with Gasteiger partial charge in [0.05, 0.1) is 0 Å². The topological polar surface area (TPSA) is 34.1 Å². The van der Waals surface area contributed by atoms with Crippen molar-refractivity contribution in [2.75, 3.05) is 0 Å². The number of halogens is 1. The molecule has 0 aromatic carbocycles. The fourth-order valence-electron chi connectivity index (χ4n) is 5.81. The summed E-state index contributed by atoms with van der Waals surface area (Å²) in [4.78, 5) is 25.1. The average molecular weight is 325 g/mol. The van der Waals surface area contributed by atoms with Crippen molar-refractivity contribution in [2.45, 2.75) is 49.8 Å². The van der Waals surface area contributed by atoms with Gasteiger partial charge in [0.1, 0.15) is 0 Å². The van der Waals surface area contributed by atoms with Gasteiger partial charge in [0.15, 0.2) is 0 Å². The van der Waals surface area contributed by atoms with Crippen LogP contribution in [0, 0.1) is 35.5 Å². The van der Waals surface area contributed by atoms with Crippen LogP contribution in [0.1, 0.15) is 44.9 Å². The van der Waals surface area contributed by atoms with Crippen molar-refractivity contribution < 1.29 is 9.59 Å². The van der Waals surface area contributed by atoms with E-state index in [-0.39, 0.29) is 23.4 Å². The summed E-state index contributed by atoms with van der Waals surface area (Å²) in [6.07, 6.45) is 8.33. The van der Waals surface area contributed by atoms with E-state index in [2.05, 4.69) is 15.9 Å². The molecule has 0 aliphatic heterocycles. The molecule has 19 heavy (non-hydrogen) atoms. The molecule has 4 aliphatic carbocycles. The Morgan fingerprint density at radius 1 is 0.842 bits per heavy atom. The van der Waals surface area contributed by atoms with Crippen molar-refractivity contribution in [3.05, 3.63) is 0 Å². The third kappa shape index (κ3) is 1.66. The maximum Gasteiger partial charge on any atom is 0.202 e. The van der Waals surface area contributed by atoms with Crippen LogP contribution in [0.2, 0.25) is 0 Å². The van der Waals surface area contributed by atoms with Crippen molar-refractivity contribution in [1.82, 2.24) is 0 Å². The number of rotatable bonds is 0. The zero-order valence-electron chi connectivity index (χ0n) is 11.2. The summed E-state index contributed by atoms with van der Waals surface area (Å²) in [6, 6.07) is 0. The second-order valence-corrected chi connectivity index (χ2v) is 8.31. The lowest BCUT2D eigenvalue weighted by molar-refractivity contribution is -0.137. The molecule has 0 aromatic rings. The Morgan fingerprint density at radius 2 is 1.58 bits per heavy atom. The molecule has 4 rings (SSSR count). The highest BCUT2D eigenvalue weighted by atomic mass is 79.9. The molecule has 4 fully saturated rings. The van der Waals surface area contributed by atoms with Gasteiger partial charge in [0, 0.05) is 16.7 Å². The molecule has 7 unspecified atom stereocenters. The van der Waals surface area contributed by atoms with Crippen LogP contribution in [-0.4, -0.2) is 16.4 Å². The summed E-state index contributed by atoms with van der Waals surface area (Å²) in [5, 5.41) is 0. The second kappa shape index (κ2) is 4.41. The zero-order valence-corrected chi connectivity index (χ0v) is 12.8. The first-order valence-electron chi connectivity index (χ1n) is 7.90. The van der Waals surface area contributed by atoms with E-state index < -0.39 is 0 Å². The molecule has 0 amide bonds. The summed E-state index contributed by atoms with van der Waals surface area (Å²) >= 11 is 3.89. The van der Waals surface area contributed by atoms with Gasteiger partial charge < -0.3 is 0 Å². The number of alkyl halides is 1. The van der Waals surface area contributed by atoms with Gasteiger partial charge in [-0.15, -0.1) is 0 Å². The highest BCUT2D eigenvalue weighted by Gasteiger charge is 2.60. The molecule has 0 bridgehead atoms. The lowest BCUT2D eigenvalue weighted by Gasteiger charge is -2.52. The molecule has 0 N–H and O–H groups in total. The third-order valence-electron chi connectivity index (χ3n) is 6.48. The number of fused-ring (bicyclic) bond motifs is 2. The molecule has 0 spiro atoms. The SMILES string of the molecule is O=C1C(=O)C2CC3CCCCC3C3C(Br)CCC1C23. The Balaban J connectivity index is 1.75. The Hall–Kier alpha value is -0.180. The van der Waals surface area contributed by atoms with Crippen LogP contribution in [0.25, 0.3) is 0 Å². The highest BCUT2D eigenvalue weighted by Crippen LogP contribution is 2.59. The first-order valence-corrected chi connectivity index (χ1v) is 8.82. The fourth-order valence-corrected chi connectivity index (χ4v) is 6.82. The summed E-state index contributed by atoms with van der Waals surface area (Å²) in [5.74, 6) is 2.62. The predicted molar refractivity (Wildman–Crippen MR) is 76.0 cm³/mol. The van der Waals surface area contributed by atoms with Gasteiger partial charge in [-0.25, -0.2) is 0 Å². The standard InChI is InChI=1S/C16H21BrO2/c17-12-6-5-10-13-11(16(19)15(10)18)7-8-3-1-2-4-9(8)14(12)13/h8-14H,1-7H2. The van der Waals surface area contributed by atoms with Crippen LogP contribution < -0.4 is 0 Å². The van der Waals surface area contributed by atoms with Gasteiger partial charge >= 0.3 is 0 Å². The van der Waals surface area contributed by atoms with Gasteiger partial charge in [-0.3, -0.25) is 9.59 Å². The average Bonchev–Trinajstić information content (AvgIpc) is 2.67. The Kier molecular flexibility index (Phi) is 2.91. The Bertz CT molecular complexity index is 432. The highest BCUT2D eigenvalue weighted by molar-refractivity contribution is 9.09. The van der Waals surface area contributed by atoms with Gasteiger partial charge in [0.25, 0.3) is 0 Å². The van der Waals surface area contributed by atoms with Crippen molar-refractivity contribution in [3.63, 3.8) is 0 Å². The maximum absolute atomic E-state index is 12.3. The van der Waals surface area contributed by atoms with Gasteiger partial charge in [0.2, 0.25) is 11.6 Å². The lowest BCUT2D eigenvalue weighted by Crippen LogP contribution is -2.48. The molecule has 3 heteroatoms. The molecule has 0 heterocycles. The van der Waals surface area contributed by atoms with Crippen LogP contribution in [0.4, 0.5) is 0 Å². The normalized spacial score (nSPS) is 52.8. The van der Waals surface area contributed by atoms with E-state index >= 15 is 0 Å². The summed E-state index contributed by atoms with van der Waals surface area (Å²) in [6.45, 7) is 0. The zero-order chi connectivity index (χ0) is 13.1. The Labute approximate surface area is 122 Å². The number of carbonyl (C=O) groups excluding carboxylic acids is 2. The van der Waals surface area contributed by atoms with E-state index in [1.807, 2.05) is 0 Å². The molecule has 0 radical (unpaired) electrons. The molecular formula is C16H21BrO2. The van der Waals surface area contributed by atoms with Crippen LogP contribution in [0.15, 0.2) is 0 Å². The molecular weight excluding hydrogens is 304 g/mol. The smallest absolute Gasteiger partial charge is 0.202 e. The quantitative estimate of drug-likeness (QED) is 0.505. The van der Waals surface area contributed by atoms with Gasteiger partial charge in [-0.2, -0.15) is 0 Å². The van der Waals surface area contributed by atoms with Crippen molar-refractivity contribution >= 4 is 27.5 Å². The van der Waals surface area contributed by atoms with Crippen LogP contribution in [-0.2, 0) is 9.59 Å². The third-order valence-corrected chi connectivity index (χ3v) is 7.55.